The van der Waals surface area contributed by atoms with Crippen LogP contribution in [0.15, 0.2) is 60.2 Å². The Hall–Kier alpha value is -3.86. The standard InChI is InChI=1S/C19H16N6O4S/c1-11(18-22-19(24-23-18)30-10-17(26)27)7-14(8-12(2)25(28)29)13-3-4-15-16(9-13)21-6-5-20-15/h3-9H,2,10H2,1H3,(H,26,27)(H,22,23,24). The summed E-state index contributed by atoms with van der Waals surface area (Å²) in [5.41, 5.74) is 2.92. The van der Waals surface area contributed by atoms with Crippen LogP contribution in [0.1, 0.15) is 18.3 Å². The molecule has 0 saturated carbocycles. The van der Waals surface area contributed by atoms with Crippen LogP contribution in [-0.2, 0) is 4.79 Å². The molecule has 1 aromatic carbocycles. The van der Waals surface area contributed by atoms with Gasteiger partial charge < -0.3 is 5.11 Å². The first-order valence-electron chi connectivity index (χ1n) is 8.55. The van der Waals surface area contributed by atoms with Gasteiger partial charge in [0.2, 0.25) is 5.16 Å². The highest BCUT2D eigenvalue weighted by Gasteiger charge is 2.12. The van der Waals surface area contributed by atoms with E-state index in [2.05, 4.69) is 31.7 Å². The van der Waals surface area contributed by atoms with E-state index < -0.39 is 10.9 Å². The highest BCUT2D eigenvalue weighted by Crippen LogP contribution is 2.25. The minimum absolute atomic E-state index is 0.161. The van der Waals surface area contributed by atoms with Crippen molar-refractivity contribution in [2.45, 2.75) is 12.1 Å². The third-order valence-corrected chi connectivity index (χ3v) is 4.73. The molecule has 0 unspecified atom stereocenters. The largest absolute Gasteiger partial charge is 0.481 e. The molecule has 3 rings (SSSR count). The average molecular weight is 424 g/mol. The second-order valence-electron chi connectivity index (χ2n) is 6.08. The zero-order chi connectivity index (χ0) is 21.7. The maximum atomic E-state index is 11.1. The van der Waals surface area contributed by atoms with Crippen LogP contribution >= 0.6 is 11.8 Å². The van der Waals surface area contributed by atoms with Crippen molar-refractivity contribution in [1.82, 2.24) is 25.1 Å². The number of aliphatic carboxylic acids is 1. The van der Waals surface area contributed by atoms with E-state index in [4.69, 9.17) is 5.11 Å². The van der Waals surface area contributed by atoms with Crippen LogP contribution in [-0.4, -0.2) is 46.9 Å². The number of aromatic amines is 1. The Morgan fingerprint density at radius 2 is 2.03 bits per heavy atom. The van der Waals surface area contributed by atoms with Crippen molar-refractivity contribution in [2.24, 2.45) is 0 Å². The Morgan fingerprint density at radius 1 is 1.30 bits per heavy atom. The zero-order valence-corrected chi connectivity index (χ0v) is 16.6. The molecular formula is C19H16N6O4S. The molecule has 0 saturated heterocycles. The zero-order valence-electron chi connectivity index (χ0n) is 15.8. The smallest absolute Gasteiger partial charge is 0.313 e. The number of nitro groups is 1. The van der Waals surface area contributed by atoms with Gasteiger partial charge in [-0.15, -0.1) is 5.10 Å². The summed E-state index contributed by atoms with van der Waals surface area (Å²) in [5.74, 6) is -0.714. The van der Waals surface area contributed by atoms with Gasteiger partial charge in [0.25, 0.3) is 5.70 Å². The fraction of sp³-hybridized carbons (Fsp3) is 0.105. The maximum Gasteiger partial charge on any atom is 0.313 e. The predicted molar refractivity (Wildman–Crippen MR) is 112 cm³/mol. The summed E-state index contributed by atoms with van der Waals surface area (Å²) in [4.78, 5) is 34.0. The molecular weight excluding hydrogens is 408 g/mol. The van der Waals surface area contributed by atoms with Gasteiger partial charge in [-0.2, -0.15) is 0 Å². The van der Waals surface area contributed by atoms with Crippen molar-refractivity contribution in [3.8, 4) is 0 Å². The number of carboxylic acid groups (broad SMARTS) is 1. The van der Waals surface area contributed by atoms with E-state index in [9.17, 15) is 14.9 Å². The summed E-state index contributed by atoms with van der Waals surface area (Å²) in [5, 5.41) is 26.9. The lowest BCUT2D eigenvalue weighted by Crippen LogP contribution is -1.97. The van der Waals surface area contributed by atoms with E-state index in [0.29, 0.717) is 38.7 Å². The molecule has 0 spiro atoms. The van der Waals surface area contributed by atoms with Gasteiger partial charge in [-0.25, -0.2) is 4.98 Å². The molecule has 0 bridgehead atoms. The number of aromatic nitrogens is 5. The minimum Gasteiger partial charge on any atom is -0.481 e. The predicted octanol–water partition coefficient (Wildman–Crippen LogP) is 3.20. The molecule has 0 atom stereocenters. The number of hydrogen-bond acceptors (Lipinski definition) is 8. The molecule has 3 aromatic rings. The molecule has 2 aromatic heterocycles. The number of hydrogen-bond donors (Lipinski definition) is 2. The second-order valence-corrected chi connectivity index (χ2v) is 7.03. The molecule has 152 valence electrons. The number of fused-ring (bicyclic) bond motifs is 1. The fourth-order valence-corrected chi connectivity index (χ4v) is 3.02. The lowest BCUT2D eigenvalue weighted by molar-refractivity contribution is -0.418. The molecule has 0 aliphatic heterocycles. The van der Waals surface area contributed by atoms with Gasteiger partial charge in [0.15, 0.2) is 5.82 Å². The molecule has 2 heterocycles. The number of H-pyrrole nitrogens is 1. The third kappa shape index (κ3) is 5.14. The lowest BCUT2D eigenvalue weighted by Gasteiger charge is -2.06. The monoisotopic (exact) mass is 424 g/mol. The van der Waals surface area contributed by atoms with Gasteiger partial charge in [-0.3, -0.25) is 30.0 Å². The average Bonchev–Trinajstić information content (AvgIpc) is 3.20. The summed E-state index contributed by atoms with van der Waals surface area (Å²) < 4.78 is 0. The Kier molecular flexibility index (Phi) is 6.32. The summed E-state index contributed by atoms with van der Waals surface area (Å²) in [6.45, 7) is 5.24. The Morgan fingerprint density at radius 3 is 2.73 bits per heavy atom. The summed E-state index contributed by atoms with van der Waals surface area (Å²) in [7, 11) is 0. The van der Waals surface area contributed by atoms with E-state index >= 15 is 0 Å². The first-order chi connectivity index (χ1) is 14.3. The van der Waals surface area contributed by atoms with Gasteiger partial charge in [-0.1, -0.05) is 17.8 Å². The molecule has 0 fully saturated rings. The van der Waals surface area contributed by atoms with E-state index in [1.807, 2.05) is 0 Å². The minimum atomic E-state index is -0.971. The van der Waals surface area contributed by atoms with Crippen LogP contribution < -0.4 is 0 Å². The first kappa shape index (κ1) is 20.9. The van der Waals surface area contributed by atoms with Crippen molar-refractivity contribution >= 4 is 39.9 Å². The Bertz CT molecular complexity index is 1200. The van der Waals surface area contributed by atoms with Crippen LogP contribution in [0, 0.1) is 10.1 Å². The number of thioether (sulfide) groups is 1. The highest BCUT2D eigenvalue weighted by molar-refractivity contribution is 7.99. The Labute approximate surface area is 174 Å². The quantitative estimate of drug-likeness (QED) is 0.241. The van der Waals surface area contributed by atoms with Gasteiger partial charge in [0.1, 0.15) is 0 Å². The molecule has 30 heavy (non-hydrogen) atoms. The topological polar surface area (TPSA) is 148 Å². The molecule has 0 amide bonds. The van der Waals surface area contributed by atoms with Crippen molar-refractivity contribution in [3.63, 3.8) is 0 Å². The van der Waals surface area contributed by atoms with Gasteiger partial charge in [0, 0.05) is 18.5 Å². The second kappa shape index (κ2) is 9.09. The highest BCUT2D eigenvalue weighted by atomic mass is 32.2. The number of benzene rings is 1. The molecule has 11 heteroatoms. The summed E-state index contributed by atoms with van der Waals surface area (Å²) in [6, 6.07) is 5.34. The molecule has 2 N–H and O–H groups in total. The van der Waals surface area contributed by atoms with Crippen LogP contribution in [0.5, 0.6) is 0 Å². The van der Waals surface area contributed by atoms with Crippen LogP contribution in [0.4, 0.5) is 0 Å². The van der Waals surface area contributed by atoms with Crippen molar-refractivity contribution < 1.29 is 14.8 Å². The summed E-state index contributed by atoms with van der Waals surface area (Å²) in [6.07, 6.45) is 6.22. The maximum absolute atomic E-state index is 11.1. The van der Waals surface area contributed by atoms with Crippen LogP contribution in [0.3, 0.4) is 0 Å². The fourth-order valence-electron chi connectivity index (χ4n) is 2.50. The molecule has 10 nitrogen and oxygen atoms in total. The number of allylic oxidation sites excluding steroid dienone is 4. The van der Waals surface area contributed by atoms with Crippen LogP contribution in [0.25, 0.3) is 22.2 Å². The SMILES string of the molecule is C=C(C=C(C=C(C)c1nc(SCC(=O)O)n[nH]1)c1ccc2nccnc2c1)[N+](=O)[O-]. The van der Waals surface area contributed by atoms with Gasteiger partial charge in [-0.05, 0) is 48.4 Å². The third-order valence-electron chi connectivity index (χ3n) is 3.89. The van der Waals surface area contributed by atoms with Crippen LogP contribution in [0.2, 0.25) is 0 Å². The van der Waals surface area contributed by atoms with Crippen molar-refractivity contribution in [2.75, 3.05) is 5.75 Å². The van der Waals surface area contributed by atoms with E-state index in [1.165, 1.54) is 6.08 Å². The van der Waals surface area contributed by atoms with E-state index in [-0.39, 0.29) is 11.4 Å². The molecule has 0 aliphatic carbocycles. The number of carboxylic acids is 1. The van der Waals surface area contributed by atoms with Gasteiger partial charge >= 0.3 is 5.97 Å². The number of nitrogens with one attached hydrogen (secondary N) is 1. The van der Waals surface area contributed by atoms with E-state index in [0.717, 1.165) is 11.8 Å². The van der Waals surface area contributed by atoms with E-state index in [1.54, 1.807) is 43.6 Å². The van der Waals surface area contributed by atoms with Gasteiger partial charge in [0.05, 0.1) is 21.7 Å². The molecule has 0 aliphatic rings. The number of carbonyl (C=O) groups is 1. The lowest BCUT2D eigenvalue weighted by atomic mass is 10.0. The first-order valence-corrected chi connectivity index (χ1v) is 9.54. The summed E-state index contributed by atoms with van der Waals surface area (Å²) >= 11 is 0.985. The number of nitrogens with zero attached hydrogens (tertiary/aromatic N) is 5. The normalized spacial score (nSPS) is 12.2. The van der Waals surface area contributed by atoms with Crippen molar-refractivity contribution in [1.29, 1.82) is 0 Å². The molecule has 0 radical (unpaired) electrons. The van der Waals surface area contributed by atoms with Crippen molar-refractivity contribution in [3.05, 3.63) is 76.5 Å². The Balaban J connectivity index is 1.98. The number of rotatable bonds is 8.